The Kier molecular flexibility index (Phi) is 9.79. The van der Waals surface area contributed by atoms with Crippen LogP contribution in [0.5, 0.6) is 17.2 Å². The first-order valence-electron chi connectivity index (χ1n) is 15.7. The van der Waals surface area contributed by atoms with Gasteiger partial charge in [0.2, 0.25) is 11.2 Å². The monoisotopic (exact) mass is 644 g/mol. The number of nitrogens with zero attached hydrogens (tertiary/aromatic N) is 4. The van der Waals surface area contributed by atoms with Gasteiger partial charge in [-0.15, -0.1) is 0 Å². The SMILES string of the molecule is COC(=O)C[C@@H](c1cc2cc(OC)ccc2nc1N1CCOCC1)c1oc(CN2CCN(c3ccc(OC)cc3)CC2)cc(=O)c1O. The van der Waals surface area contributed by atoms with Crippen LogP contribution in [-0.2, 0) is 20.8 Å². The lowest BCUT2D eigenvalue weighted by Gasteiger charge is -2.36. The van der Waals surface area contributed by atoms with Gasteiger partial charge in [-0.25, -0.2) is 4.98 Å². The first-order chi connectivity index (χ1) is 22.9. The Morgan fingerprint density at radius 2 is 1.60 bits per heavy atom. The molecule has 2 fully saturated rings. The lowest BCUT2D eigenvalue weighted by atomic mass is 9.91. The third-order valence-electron chi connectivity index (χ3n) is 8.82. The zero-order chi connectivity index (χ0) is 32.9. The van der Waals surface area contributed by atoms with E-state index in [9.17, 15) is 14.7 Å². The Balaban J connectivity index is 1.34. The average molecular weight is 645 g/mol. The topological polar surface area (TPSA) is 127 Å². The van der Waals surface area contributed by atoms with Crippen LogP contribution in [0.1, 0.15) is 29.4 Å². The summed E-state index contributed by atoms with van der Waals surface area (Å²) in [4.78, 5) is 37.7. The predicted molar refractivity (Wildman–Crippen MR) is 177 cm³/mol. The number of methoxy groups -OCH3 is 3. The number of carbonyl (C=O) groups excluding carboxylic acids is 1. The molecule has 0 bridgehead atoms. The smallest absolute Gasteiger partial charge is 0.306 e. The van der Waals surface area contributed by atoms with Crippen molar-refractivity contribution in [1.82, 2.24) is 9.88 Å². The minimum absolute atomic E-state index is 0.00771. The van der Waals surface area contributed by atoms with Crippen molar-refractivity contribution in [3.05, 3.63) is 81.9 Å². The Bertz CT molecular complexity index is 1760. The normalized spacial score (nSPS) is 16.2. The number of piperazine rings is 1. The molecule has 12 heteroatoms. The summed E-state index contributed by atoms with van der Waals surface area (Å²) in [6.45, 7) is 5.66. The number of benzene rings is 2. The molecule has 6 rings (SSSR count). The van der Waals surface area contributed by atoms with Gasteiger partial charge >= 0.3 is 5.97 Å². The fraction of sp³-hybridized carbons (Fsp3) is 0.400. The summed E-state index contributed by atoms with van der Waals surface area (Å²) in [6, 6.07) is 16.8. The zero-order valence-electron chi connectivity index (χ0n) is 26.9. The first kappa shape index (κ1) is 32.1. The van der Waals surface area contributed by atoms with Crippen molar-refractivity contribution in [3.63, 3.8) is 0 Å². The molecule has 2 aromatic carbocycles. The number of fused-ring (bicyclic) bond motifs is 1. The molecule has 2 aliphatic rings. The van der Waals surface area contributed by atoms with Gasteiger partial charge in [0, 0.05) is 62.0 Å². The number of carbonyl (C=O) groups is 1. The average Bonchev–Trinajstić information content (AvgIpc) is 3.12. The Hall–Kier alpha value is -4.81. The van der Waals surface area contributed by atoms with E-state index >= 15 is 0 Å². The molecule has 2 aliphatic heterocycles. The van der Waals surface area contributed by atoms with Gasteiger partial charge in [-0.1, -0.05) is 0 Å². The van der Waals surface area contributed by atoms with Crippen LogP contribution < -0.4 is 24.7 Å². The van der Waals surface area contributed by atoms with E-state index < -0.39 is 23.1 Å². The summed E-state index contributed by atoms with van der Waals surface area (Å²) in [5.41, 5.74) is 1.91. The maximum Gasteiger partial charge on any atom is 0.306 e. The molecule has 0 unspecified atom stereocenters. The van der Waals surface area contributed by atoms with Crippen molar-refractivity contribution in [1.29, 1.82) is 0 Å². The Morgan fingerprint density at radius 1 is 0.894 bits per heavy atom. The van der Waals surface area contributed by atoms with E-state index in [4.69, 9.17) is 28.3 Å². The Labute approximate surface area is 273 Å². The summed E-state index contributed by atoms with van der Waals surface area (Å²) < 4.78 is 27.8. The largest absolute Gasteiger partial charge is 0.502 e. The molecule has 4 aromatic rings. The van der Waals surface area contributed by atoms with Gasteiger partial charge in [0.15, 0.2) is 5.76 Å². The minimum atomic E-state index is -0.858. The van der Waals surface area contributed by atoms with E-state index in [0.717, 1.165) is 48.5 Å². The highest BCUT2D eigenvalue weighted by molar-refractivity contribution is 5.84. The molecular weight excluding hydrogens is 604 g/mol. The van der Waals surface area contributed by atoms with Crippen molar-refractivity contribution >= 4 is 28.4 Å². The van der Waals surface area contributed by atoms with Crippen LogP contribution in [-0.4, -0.2) is 94.8 Å². The second-order valence-electron chi connectivity index (χ2n) is 11.6. The van der Waals surface area contributed by atoms with E-state index in [1.807, 2.05) is 48.5 Å². The number of morpholine rings is 1. The number of pyridine rings is 1. The van der Waals surface area contributed by atoms with Crippen LogP contribution in [0.25, 0.3) is 10.9 Å². The van der Waals surface area contributed by atoms with E-state index in [2.05, 4.69) is 14.7 Å². The number of anilines is 2. The molecule has 1 N–H and O–H groups in total. The van der Waals surface area contributed by atoms with Gasteiger partial charge in [-0.05, 0) is 48.5 Å². The molecule has 1 atom stereocenters. The quantitative estimate of drug-likeness (QED) is 0.253. The number of rotatable bonds is 10. The van der Waals surface area contributed by atoms with Crippen molar-refractivity contribution in [2.75, 3.05) is 83.6 Å². The fourth-order valence-electron chi connectivity index (χ4n) is 6.21. The van der Waals surface area contributed by atoms with Crippen LogP contribution >= 0.6 is 0 Å². The summed E-state index contributed by atoms with van der Waals surface area (Å²) in [6.07, 6.45) is -0.175. The number of hydrogen-bond acceptors (Lipinski definition) is 12. The molecule has 12 nitrogen and oxygen atoms in total. The summed E-state index contributed by atoms with van der Waals surface area (Å²) >= 11 is 0. The third kappa shape index (κ3) is 7.13. The van der Waals surface area contributed by atoms with Crippen LogP contribution in [0.3, 0.4) is 0 Å². The van der Waals surface area contributed by atoms with Gasteiger partial charge in [-0.3, -0.25) is 14.5 Å². The van der Waals surface area contributed by atoms with Gasteiger partial charge in [0.05, 0.1) is 58.9 Å². The van der Waals surface area contributed by atoms with E-state index in [1.165, 1.54) is 13.2 Å². The molecule has 4 heterocycles. The van der Waals surface area contributed by atoms with Crippen molar-refractivity contribution in [2.45, 2.75) is 18.9 Å². The molecule has 47 heavy (non-hydrogen) atoms. The van der Waals surface area contributed by atoms with Gasteiger partial charge in [-0.2, -0.15) is 0 Å². The third-order valence-corrected chi connectivity index (χ3v) is 8.82. The summed E-state index contributed by atoms with van der Waals surface area (Å²) in [7, 11) is 4.55. The predicted octanol–water partition coefficient (Wildman–Crippen LogP) is 3.76. The highest BCUT2D eigenvalue weighted by Gasteiger charge is 2.32. The molecule has 0 amide bonds. The molecular formula is C35H40N4O8. The van der Waals surface area contributed by atoms with Crippen molar-refractivity contribution < 1.29 is 33.3 Å². The highest BCUT2D eigenvalue weighted by atomic mass is 16.5. The van der Waals surface area contributed by atoms with E-state index in [1.54, 1.807) is 14.2 Å². The molecule has 0 saturated carbocycles. The first-order valence-corrected chi connectivity index (χ1v) is 15.7. The number of esters is 1. The summed E-state index contributed by atoms with van der Waals surface area (Å²) in [5, 5.41) is 12.0. The molecule has 0 radical (unpaired) electrons. The van der Waals surface area contributed by atoms with E-state index in [-0.39, 0.29) is 12.2 Å². The van der Waals surface area contributed by atoms with Crippen LogP contribution in [0.4, 0.5) is 11.5 Å². The van der Waals surface area contributed by atoms with Crippen LogP contribution in [0.15, 0.2) is 63.8 Å². The van der Waals surface area contributed by atoms with E-state index in [0.29, 0.717) is 55.7 Å². The zero-order valence-corrected chi connectivity index (χ0v) is 26.9. The second-order valence-corrected chi connectivity index (χ2v) is 11.6. The van der Waals surface area contributed by atoms with Crippen LogP contribution in [0, 0.1) is 0 Å². The number of aromatic nitrogens is 1. The molecule has 248 valence electrons. The molecule has 0 aliphatic carbocycles. The number of hydrogen-bond donors (Lipinski definition) is 1. The maximum absolute atomic E-state index is 13.2. The maximum atomic E-state index is 13.2. The van der Waals surface area contributed by atoms with Crippen molar-refractivity contribution in [2.24, 2.45) is 0 Å². The van der Waals surface area contributed by atoms with Gasteiger partial charge in [0.25, 0.3) is 0 Å². The van der Waals surface area contributed by atoms with Crippen LogP contribution in [0.2, 0.25) is 0 Å². The number of aromatic hydroxyl groups is 1. The fourth-order valence-corrected chi connectivity index (χ4v) is 6.21. The molecule has 2 saturated heterocycles. The lowest BCUT2D eigenvalue weighted by Crippen LogP contribution is -2.46. The Morgan fingerprint density at radius 3 is 2.28 bits per heavy atom. The molecule has 0 spiro atoms. The highest BCUT2D eigenvalue weighted by Crippen LogP contribution is 2.40. The standard InChI is InChI=1S/C35H40N4O8/c1-43-25-6-4-24(5-7-25)38-12-10-37(11-13-38)22-27-20-31(40)33(42)34(47-27)28(21-32(41)45-3)29-19-23-18-26(44-2)8-9-30(23)36-35(29)39-14-16-46-17-15-39/h4-9,18-20,28,42H,10-17,21-22H2,1-3H3/t28-/m0/s1. The van der Waals surface area contributed by atoms with Gasteiger partial charge in [0.1, 0.15) is 23.1 Å². The lowest BCUT2D eigenvalue weighted by molar-refractivity contribution is -0.140. The van der Waals surface area contributed by atoms with Crippen molar-refractivity contribution in [3.8, 4) is 17.2 Å². The second kappa shape index (κ2) is 14.3. The summed E-state index contributed by atoms with van der Waals surface area (Å²) in [5.74, 6) is 0.586. The molecule has 2 aromatic heterocycles. The minimum Gasteiger partial charge on any atom is -0.502 e. The number of ether oxygens (including phenoxy) is 4. The van der Waals surface area contributed by atoms with Gasteiger partial charge < -0.3 is 38.3 Å².